The fourth-order valence-electron chi connectivity index (χ4n) is 1.77. The lowest BCUT2D eigenvalue weighted by molar-refractivity contribution is 0.220. The van der Waals surface area contributed by atoms with Gasteiger partial charge in [0.15, 0.2) is 0 Å². The van der Waals surface area contributed by atoms with Crippen molar-refractivity contribution in [1.82, 2.24) is 9.62 Å². The van der Waals surface area contributed by atoms with Crippen molar-refractivity contribution in [3.8, 4) is 0 Å². The third-order valence-corrected chi connectivity index (χ3v) is 4.90. The van der Waals surface area contributed by atoms with Crippen LogP contribution in [0.15, 0.2) is 0 Å². The summed E-state index contributed by atoms with van der Waals surface area (Å²) in [5, 5.41) is 0. The molecule has 0 atom stereocenters. The molecule has 0 aromatic rings. The Balaban J connectivity index is 2.87. The third-order valence-electron chi connectivity index (χ3n) is 3.04. The average molecular weight is 265 g/mol. The summed E-state index contributed by atoms with van der Waals surface area (Å²) in [4.78, 5) is 2.38. The van der Waals surface area contributed by atoms with Crippen LogP contribution in [0, 0.1) is 0 Å². The molecule has 0 unspecified atom stereocenters. The molecule has 0 aromatic carbocycles. The molecule has 0 amide bonds. The van der Waals surface area contributed by atoms with Crippen LogP contribution in [0.25, 0.3) is 0 Å². The van der Waals surface area contributed by atoms with Gasteiger partial charge in [-0.2, -0.15) is 0 Å². The Morgan fingerprint density at radius 1 is 1.50 bits per heavy atom. The van der Waals surface area contributed by atoms with Gasteiger partial charge in [0.05, 0.1) is 16.3 Å². The highest BCUT2D eigenvalue weighted by Gasteiger charge is 2.39. The van der Waals surface area contributed by atoms with Crippen LogP contribution in [0.3, 0.4) is 0 Å². The number of likely N-dealkylation sites (tertiary alicyclic amines) is 1. The van der Waals surface area contributed by atoms with Gasteiger partial charge < -0.3 is 10.6 Å². The van der Waals surface area contributed by atoms with Crippen LogP contribution in [-0.2, 0) is 10.0 Å². The van der Waals surface area contributed by atoms with Crippen molar-refractivity contribution in [2.75, 3.05) is 25.9 Å². The highest BCUT2D eigenvalue weighted by atomic mass is 32.2. The van der Waals surface area contributed by atoms with Gasteiger partial charge in [-0.15, -0.1) is 0 Å². The van der Waals surface area contributed by atoms with Gasteiger partial charge in [0.1, 0.15) is 0 Å². The number of thiocarbonyl (C=S) groups is 1. The predicted octanol–water partition coefficient (Wildman–Crippen LogP) is -0.324. The second-order valence-corrected chi connectivity index (χ2v) is 6.71. The van der Waals surface area contributed by atoms with Crippen LogP contribution >= 0.6 is 12.2 Å². The lowest BCUT2D eigenvalue weighted by atomic mass is 9.89. The van der Waals surface area contributed by atoms with Gasteiger partial charge in [0, 0.05) is 13.1 Å². The van der Waals surface area contributed by atoms with Crippen molar-refractivity contribution < 1.29 is 8.42 Å². The predicted molar refractivity (Wildman–Crippen MR) is 68.8 cm³/mol. The minimum absolute atomic E-state index is 0.0488. The van der Waals surface area contributed by atoms with Gasteiger partial charge in [0.25, 0.3) is 0 Å². The zero-order valence-corrected chi connectivity index (χ0v) is 11.3. The molecule has 0 aromatic heterocycles. The molecule has 3 N–H and O–H groups in total. The smallest absolute Gasteiger partial charge is 0.212 e. The van der Waals surface area contributed by atoms with Crippen molar-refractivity contribution in [2.24, 2.45) is 5.73 Å². The SMILES string of the molecule is CCS(=O)(=O)NC1(C(N)=S)CCN(C)CC1. The van der Waals surface area contributed by atoms with Crippen molar-refractivity contribution in [2.45, 2.75) is 25.3 Å². The molecule has 0 saturated carbocycles. The van der Waals surface area contributed by atoms with E-state index in [1.807, 2.05) is 7.05 Å². The Hall–Kier alpha value is -0.240. The Kier molecular flexibility index (Phi) is 4.28. The molecule has 1 aliphatic heterocycles. The standard InChI is InChI=1S/C9H19N3O2S2/c1-3-16(13,14)11-9(8(10)15)4-6-12(2)7-5-9/h11H,3-7H2,1-2H3,(H2,10,15). The largest absolute Gasteiger partial charge is 0.392 e. The summed E-state index contributed by atoms with van der Waals surface area (Å²) in [6, 6.07) is 0. The van der Waals surface area contributed by atoms with Gasteiger partial charge in [-0.1, -0.05) is 12.2 Å². The molecule has 7 heteroatoms. The van der Waals surface area contributed by atoms with Gasteiger partial charge in [-0.3, -0.25) is 0 Å². The summed E-state index contributed by atoms with van der Waals surface area (Å²) in [5.74, 6) is 0.0488. The monoisotopic (exact) mass is 265 g/mol. The summed E-state index contributed by atoms with van der Waals surface area (Å²) in [6.45, 7) is 3.19. The van der Waals surface area contributed by atoms with E-state index in [4.69, 9.17) is 18.0 Å². The van der Waals surface area contributed by atoms with Crippen LogP contribution in [0.1, 0.15) is 19.8 Å². The van der Waals surface area contributed by atoms with Gasteiger partial charge in [-0.25, -0.2) is 13.1 Å². The first-order valence-electron chi connectivity index (χ1n) is 5.31. The van der Waals surface area contributed by atoms with Crippen molar-refractivity contribution in [3.63, 3.8) is 0 Å². The van der Waals surface area contributed by atoms with E-state index in [9.17, 15) is 8.42 Å². The summed E-state index contributed by atoms with van der Waals surface area (Å²) in [6.07, 6.45) is 1.27. The molecule has 1 saturated heterocycles. The zero-order valence-electron chi connectivity index (χ0n) is 9.69. The van der Waals surface area contributed by atoms with Crippen LogP contribution < -0.4 is 10.5 Å². The Labute approximate surface area is 102 Å². The number of piperidine rings is 1. The summed E-state index contributed by atoms with van der Waals surface area (Å²) >= 11 is 5.01. The van der Waals surface area contributed by atoms with E-state index >= 15 is 0 Å². The molecule has 1 rings (SSSR count). The van der Waals surface area contributed by atoms with Crippen LogP contribution in [0.5, 0.6) is 0 Å². The van der Waals surface area contributed by atoms with Crippen LogP contribution in [-0.4, -0.2) is 49.7 Å². The minimum Gasteiger partial charge on any atom is -0.392 e. The minimum atomic E-state index is -3.28. The van der Waals surface area contributed by atoms with Gasteiger partial charge >= 0.3 is 0 Å². The van der Waals surface area contributed by atoms with Crippen LogP contribution in [0.2, 0.25) is 0 Å². The molecule has 1 fully saturated rings. The normalized spacial score (nSPS) is 21.9. The number of rotatable bonds is 4. The van der Waals surface area contributed by atoms with Gasteiger partial charge in [0.2, 0.25) is 10.0 Å². The Bertz CT molecular complexity index is 359. The van der Waals surface area contributed by atoms with Gasteiger partial charge in [-0.05, 0) is 26.8 Å². The molecule has 0 spiro atoms. The molecule has 16 heavy (non-hydrogen) atoms. The van der Waals surface area contributed by atoms with Crippen molar-refractivity contribution in [3.05, 3.63) is 0 Å². The lowest BCUT2D eigenvalue weighted by Crippen LogP contribution is -2.61. The van der Waals surface area contributed by atoms with E-state index < -0.39 is 15.6 Å². The highest BCUT2D eigenvalue weighted by molar-refractivity contribution is 7.89. The first-order chi connectivity index (χ1) is 7.31. The maximum atomic E-state index is 11.6. The second-order valence-electron chi connectivity index (χ2n) is 4.26. The maximum Gasteiger partial charge on any atom is 0.212 e. The highest BCUT2D eigenvalue weighted by Crippen LogP contribution is 2.23. The summed E-state index contributed by atoms with van der Waals surface area (Å²) < 4.78 is 25.9. The molecule has 94 valence electrons. The van der Waals surface area contributed by atoms with E-state index in [-0.39, 0.29) is 10.7 Å². The summed E-state index contributed by atoms with van der Waals surface area (Å²) in [7, 11) is -1.28. The number of hydrogen-bond acceptors (Lipinski definition) is 4. The van der Waals surface area contributed by atoms with E-state index in [0.717, 1.165) is 13.1 Å². The third kappa shape index (κ3) is 3.13. The van der Waals surface area contributed by atoms with Crippen molar-refractivity contribution >= 4 is 27.2 Å². The fraction of sp³-hybridized carbons (Fsp3) is 0.889. The second kappa shape index (κ2) is 4.95. The lowest BCUT2D eigenvalue weighted by Gasteiger charge is -2.40. The van der Waals surface area contributed by atoms with E-state index in [2.05, 4.69) is 9.62 Å². The molecule has 1 heterocycles. The Morgan fingerprint density at radius 3 is 2.38 bits per heavy atom. The molecule has 0 aliphatic carbocycles. The number of sulfonamides is 1. The molecular weight excluding hydrogens is 246 g/mol. The molecule has 0 bridgehead atoms. The maximum absolute atomic E-state index is 11.6. The number of nitrogens with one attached hydrogen (secondary N) is 1. The van der Waals surface area contributed by atoms with E-state index in [0.29, 0.717) is 12.8 Å². The average Bonchev–Trinajstić information content (AvgIpc) is 2.21. The topological polar surface area (TPSA) is 75.4 Å². The van der Waals surface area contributed by atoms with Crippen LogP contribution in [0.4, 0.5) is 0 Å². The fourth-order valence-corrected chi connectivity index (χ4v) is 3.14. The number of nitrogens with zero attached hydrogens (tertiary/aromatic N) is 1. The molecule has 0 radical (unpaired) electrons. The number of hydrogen-bond donors (Lipinski definition) is 2. The van der Waals surface area contributed by atoms with E-state index in [1.54, 1.807) is 6.92 Å². The molecule has 1 aliphatic rings. The number of nitrogens with two attached hydrogens (primary N) is 1. The quantitative estimate of drug-likeness (QED) is 0.681. The molecular formula is C9H19N3O2S2. The van der Waals surface area contributed by atoms with Crippen molar-refractivity contribution in [1.29, 1.82) is 0 Å². The molecule has 5 nitrogen and oxygen atoms in total. The first-order valence-corrected chi connectivity index (χ1v) is 7.37. The zero-order chi connectivity index (χ0) is 12.4. The summed E-state index contributed by atoms with van der Waals surface area (Å²) in [5.41, 5.74) is 4.97. The Morgan fingerprint density at radius 2 is 2.00 bits per heavy atom. The van der Waals surface area contributed by atoms with E-state index in [1.165, 1.54) is 0 Å². The first kappa shape index (κ1) is 13.8.